The van der Waals surface area contributed by atoms with Crippen molar-refractivity contribution in [2.24, 2.45) is 11.8 Å². The quantitative estimate of drug-likeness (QED) is 0.237. The summed E-state index contributed by atoms with van der Waals surface area (Å²) in [6.07, 6.45) is 7.19. The number of fused-ring (bicyclic) bond motifs is 2. The van der Waals surface area contributed by atoms with Crippen LogP contribution in [0.3, 0.4) is 0 Å². The number of nitrogens with zero attached hydrogens (tertiary/aromatic N) is 2. The van der Waals surface area contributed by atoms with E-state index in [1.165, 1.54) is 19.3 Å². The fourth-order valence-electron chi connectivity index (χ4n) is 5.60. The first-order valence-electron chi connectivity index (χ1n) is 13.1. The van der Waals surface area contributed by atoms with Crippen molar-refractivity contribution >= 4 is 46.0 Å². The zero-order chi connectivity index (χ0) is 27.7. The molecule has 1 unspecified atom stereocenters. The fraction of sp³-hybridized carbons (Fsp3) is 0.393. The Morgan fingerprint density at radius 3 is 2.69 bits per heavy atom. The Kier molecular flexibility index (Phi) is 7.32. The van der Waals surface area contributed by atoms with Gasteiger partial charge in [-0.25, -0.2) is 14.4 Å². The van der Waals surface area contributed by atoms with Gasteiger partial charge in [0.15, 0.2) is 5.82 Å². The number of benzene rings is 1. The minimum Gasteiger partial charge on any atom is -0.474 e. The predicted molar refractivity (Wildman–Crippen MR) is 149 cm³/mol. The summed E-state index contributed by atoms with van der Waals surface area (Å²) in [4.78, 5) is 33.1. The van der Waals surface area contributed by atoms with Crippen LogP contribution in [0.2, 0.25) is 0 Å². The number of halogens is 1. The third-order valence-electron chi connectivity index (χ3n) is 7.66. The minimum absolute atomic E-state index is 0.00128. The van der Waals surface area contributed by atoms with Gasteiger partial charge in [-0.15, -0.1) is 0 Å². The van der Waals surface area contributed by atoms with Crippen molar-refractivity contribution in [3.05, 3.63) is 35.9 Å². The van der Waals surface area contributed by atoms with E-state index < -0.39 is 11.7 Å². The van der Waals surface area contributed by atoms with Crippen LogP contribution in [0.1, 0.15) is 38.2 Å². The van der Waals surface area contributed by atoms with Crippen LogP contribution in [0, 0.1) is 30.0 Å². The molecule has 0 spiro atoms. The zero-order valence-corrected chi connectivity index (χ0v) is 21.9. The normalized spacial score (nSPS) is 19.3. The van der Waals surface area contributed by atoms with E-state index in [1.807, 2.05) is 6.92 Å². The lowest BCUT2D eigenvalue weighted by molar-refractivity contribution is -0.121. The summed E-state index contributed by atoms with van der Waals surface area (Å²) in [5.74, 6) is -0.796. The van der Waals surface area contributed by atoms with Gasteiger partial charge in [-0.2, -0.15) is 0 Å². The van der Waals surface area contributed by atoms with Crippen molar-refractivity contribution in [2.75, 3.05) is 29.5 Å². The number of nitrogens with two attached hydrogens (primary N) is 1. The van der Waals surface area contributed by atoms with Crippen LogP contribution >= 0.6 is 0 Å². The van der Waals surface area contributed by atoms with E-state index in [1.54, 1.807) is 18.3 Å². The summed E-state index contributed by atoms with van der Waals surface area (Å²) in [5.41, 5.74) is 8.54. The molecule has 1 saturated carbocycles. The summed E-state index contributed by atoms with van der Waals surface area (Å²) < 4.78 is 21.0. The number of anilines is 3. The Morgan fingerprint density at radius 1 is 1.21 bits per heavy atom. The van der Waals surface area contributed by atoms with Gasteiger partial charge in [-0.1, -0.05) is 0 Å². The highest BCUT2D eigenvalue weighted by Gasteiger charge is 2.31. The number of nitrogens with one attached hydrogen (secondary N) is 4. The van der Waals surface area contributed by atoms with Gasteiger partial charge in [0.05, 0.1) is 11.6 Å². The van der Waals surface area contributed by atoms with Crippen molar-refractivity contribution < 1.29 is 18.7 Å². The number of carbonyl (C=O) groups is 2. The highest BCUT2D eigenvalue weighted by atomic mass is 19.1. The van der Waals surface area contributed by atoms with Crippen LogP contribution in [0.25, 0.3) is 21.9 Å². The van der Waals surface area contributed by atoms with E-state index in [9.17, 15) is 9.59 Å². The molecular weight excluding hydrogens is 501 g/mol. The fourth-order valence-corrected chi connectivity index (χ4v) is 5.60. The van der Waals surface area contributed by atoms with Gasteiger partial charge >= 0.3 is 0 Å². The minimum atomic E-state index is -0.617. The molecule has 1 fully saturated rings. The van der Waals surface area contributed by atoms with Gasteiger partial charge in [0, 0.05) is 54.6 Å². The second-order valence-corrected chi connectivity index (χ2v) is 10.2. The lowest BCUT2D eigenvalue weighted by atomic mass is 9.78. The second-order valence-electron chi connectivity index (χ2n) is 10.2. The number of carbonyl (C=O) groups excluding carboxylic acids is 2. The van der Waals surface area contributed by atoms with Crippen LogP contribution in [0.5, 0.6) is 5.88 Å². The smallest absolute Gasteiger partial charge is 0.237 e. The van der Waals surface area contributed by atoms with Crippen molar-refractivity contribution in [1.82, 2.24) is 15.3 Å². The van der Waals surface area contributed by atoms with Crippen LogP contribution in [0.15, 0.2) is 24.5 Å². The van der Waals surface area contributed by atoms with Crippen molar-refractivity contribution in [3.63, 3.8) is 0 Å². The molecule has 3 heterocycles. The third-order valence-corrected chi connectivity index (χ3v) is 7.66. The standard InChI is InChI=1S/C28H32FN7O3/c1-14-21(12-34-28-26(14)32-7-8-39-28)19-9-17-10-23(33-13-22(17)25(31)24(19)29)36-27(38)20(11-30)16-3-5-18(6-4-16)35-15(2)37/h9-13,16,18,20,30,32H,3-8,31H2,1-2H3,(H,35,37)(H,33,36,38). The molecule has 1 aliphatic heterocycles. The highest BCUT2D eigenvalue weighted by Crippen LogP contribution is 2.39. The average molecular weight is 534 g/mol. The first kappa shape index (κ1) is 26.3. The van der Waals surface area contributed by atoms with E-state index >= 15 is 4.39 Å². The molecule has 204 valence electrons. The van der Waals surface area contributed by atoms with E-state index in [2.05, 4.69) is 25.9 Å². The number of amides is 2. The first-order chi connectivity index (χ1) is 18.8. The van der Waals surface area contributed by atoms with E-state index in [4.69, 9.17) is 15.9 Å². The molecule has 2 aliphatic rings. The molecule has 1 aliphatic carbocycles. The number of nitrogen functional groups attached to an aromatic ring is 1. The Labute approximate surface area is 225 Å². The number of hydrogen-bond donors (Lipinski definition) is 5. The lowest BCUT2D eigenvalue weighted by Gasteiger charge is -2.31. The van der Waals surface area contributed by atoms with Crippen LogP contribution < -0.4 is 26.4 Å². The van der Waals surface area contributed by atoms with Crippen LogP contribution in [-0.4, -0.2) is 47.2 Å². The van der Waals surface area contributed by atoms with Crippen LogP contribution in [0.4, 0.5) is 21.6 Å². The van der Waals surface area contributed by atoms with E-state index in [0.29, 0.717) is 41.2 Å². The summed E-state index contributed by atoms with van der Waals surface area (Å²) >= 11 is 0. The molecule has 0 saturated heterocycles. The molecule has 3 aromatic rings. The van der Waals surface area contributed by atoms with Crippen molar-refractivity contribution in [3.8, 4) is 17.0 Å². The SMILES string of the molecule is CC(=O)NC1CCC(C(C=N)C(=O)Nc2cc3cc(-c4cnc5c(c4C)NCCO5)c(F)c(N)c3cn2)CC1. The van der Waals surface area contributed by atoms with E-state index in [0.717, 1.165) is 36.9 Å². The summed E-state index contributed by atoms with van der Waals surface area (Å²) in [6, 6.07) is 3.44. The number of rotatable bonds is 6. The summed E-state index contributed by atoms with van der Waals surface area (Å²) in [6.45, 7) is 4.51. The third kappa shape index (κ3) is 5.21. The number of ether oxygens (including phenoxy) is 1. The maximum Gasteiger partial charge on any atom is 0.237 e. The number of pyridine rings is 2. The maximum atomic E-state index is 15.4. The number of hydrogen-bond acceptors (Lipinski definition) is 8. The molecule has 1 aromatic carbocycles. The van der Waals surface area contributed by atoms with Gasteiger partial charge in [0.2, 0.25) is 17.7 Å². The topological polar surface area (TPSA) is 155 Å². The van der Waals surface area contributed by atoms with Gasteiger partial charge in [-0.05, 0) is 61.6 Å². The number of aromatic nitrogens is 2. The molecule has 10 nitrogen and oxygen atoms in total. The monoisotopic (exact) mass is 533 g/mol. The molecule has 2 amide bonds. The molecule has 11 heteroatoms. The zero-order valence-electron chi connectivity index (χ0n) is 21.9. The van der Waals surface area contributed by atoms with Gasteiger partial charge in [-0.3, -0.25) is 9.59 Å². The molecule has 0 radical (unpaired) electrons. The summed E-state index contributed by atoms with van der Waals surface area (Å²) in [7, 11) is 0. The highest BCUT2D eigenvalue weighted by molar-refractivity contribution is 6.03. The first-order valence-corrected chi connectivity index (χ1v) is 13.1. The van der Waals surface area contributed by atoms with Crippen LogP contribution in [-0.2, 0) is 9.59 Å². The predicted octanol–water partition coefficient (Wildman–Crippen LogP) is 4.03. The molecular formula is C28H32FN7O3. The van der Waals surface area contributed by atoms with Gasteiger partial charge in [0.25, 0.3) is 0 Å². The lowest BCUT2D eigenvalue weighted by Crippen LogP contribution is -2.39. The largest absolute Gasteiger partial charge is 0.474 e. The van der Waals surface area contributed by atoms with E-state index in [-0.39, 0.29) is 35.0 Å². The molecule has 5 rings (SSSR count). The maximum absolute atomic E-state index is 15.4. The van der Waals surface area contributed by atoms with Gasteiger partial charge in [0.1, 0.15) is 18.1 Å². The molecule has 39 heavy (non-hydrogen) atoms. The Hall–Kier alpha value is -4.28. The van der Waals surface area contributed by atoms with Crippen molar-refractivity contribution in [1.29, 1.82) is 5.41 Å². The second kappa shape index (κ2) is 10.8. The Morgan fingerprint density at radius 2 is 1.97 bits per heavy atom. The molecule has 2 aromatic heterocycles. The van der Waals surface area contributed by atoms with Gasteiger partial charge < -0.3 is 31.8 Å². The Balaban J connectivity index is 1.39. The van der Waals surface area contributed by atoms with Crippen molar-refractivity contribution in [2.45, 2.75) is 45.6 Å². The molecule has 0 bridgehead atoms. The average Bonchev–Trinajstić information content (AvgIpc) is 2.92. The Bertz CT molecular complexity index is 1450. The molecule has 6 N–H and O–H groups in total. The molecule has 1 atom stereocenters. The summed E-state index contributed by atoms with van der Waals surface area (Å²) in [5, 5.41) is 18.0.